The normalized spacial score (nSPS) is 15.9. The van der Waals surface area contributed by atoms with Crippen LogP contribution in [0.3, 0.4) is 0 Å². The lowest BCUT2D eigenvalue weighted by Gasteiger charge is -2.34. The molecule has 2 aromatic carbocycles. The first-order chi connectivity index (χ1) is 12.0. The van der Waals surface area contributed by atoms with Crippen LogP contribution in [0.5, 0.6) is 5.75 Å². The van der Waals surface area contributed by atoms with Crippen molar-refractivity contribution in [2.75, 3.05) is 11.4 Å². The van der Waals surface area contributed by atoms with E-state index >= 15 is 0 Å². The zero-order valence-electron chi connectivity index (χ0n) is 13.5. The van der Waals surface area contributed by atoms with E-state index in [1.165, 1.54) is 30.0 Å². The van der Waals surface area contributed by atoms with Crippen LogP contribution in [0.1, 0.15) is 23.7 Å². The molecule has 1 heterocycles. The molecule has 1 atom stereocenters. The van der Waals surface area contributed by atoms with Gasteiger partial charge >= 0.3 is 0 Å². The third kappa shape index (κ3) is 3.50. The lowest BCUT2D eigenvalue weighted by Crippen LogP contribution is -2.44. The largest absolute Gasteiger partial charge is 0.486 e. The molecule has 0 bridgehead atoms. The monoisotopic (exact) mass is 340 g/mol. The number of non-ortho nitro benzene ring substituents is 1. The standard InChI is InChI=1S/C18H16N2O5/c1-12(21)9-15-11-19(18(22)13-5-3-2-4-6-13)16-10-14(20(23)24)7-8-17(16)25-15/h2-8,10,15H,9,11H2,1H3. The first-order valence-corrected chi connectivity index (χ1v) is 7.77. The highest BCUT2D eigenvalue weighted by atomic mass is 16.6. The van der Waals surface area contributed by atoms with Gasteiger partial charge in [0.1, 0.15) is 17.6 Å². The van der Waals surface area contributed by atoms with Crippen LogP contribution < -0.4 is 9.64 Å². The van der Waals surface area contributed by atoms with Crippen molar-refractivity contribution in [1.82, 2.24) is 0 Å². The molecular formula is C18H16N2O5. The summed E-state index contributed by atoms with van der Waals surface area (Å²) >= 11 is 0. The summed E-state index contributed by atoms with van der Waals surface area (Å²) in [4.78, 5) is 36.3. The van der Waals surface area contributed by atoms with Gasteiger partial charge in [0.2, 0.25) is 0 Å². The molecule has 1 aliphatic heterocycles. The minimum atomic E-state index is -0.521. The Bertz CT molecular complexity index is 835. The molecule has 0 radical (unpaired) electrons. The smallest absolute Gasteiger partial charge is 0.271 e. The molecule has 25 heavy (non-hydrogen) atoms. The summed E-state index contributed by atoms with van der Waals surface area (Å²) < 4.78 is 5.76. The number of anilines is 1. The second-order valence-electron chi connectivity index (χ2n) is 5.84. The Hall–Kier alpha value is -3.22. The third-order valence-corrected chi connectivity index (χ3v) is 3.90. The van der Waals surface area contributed by atoms with E-state index in [1.807, 2.05) is 0 Å². The van der Waals surface area contributed by atoms with E-state index in [0.717, 1.165) is 0 Å². The maximum absolute atomic E-state index is 12.9. The highest BCUT2D eigenvalue weighted by molar-refractivity contribution is 6.07. The van der Waals surface area contributed by atoms with Gasteiger partial charge in [-0.05, 0) is 25.1 Å². The first-order valence-electron chi connectivity index (χ1n) is 7.77. The summed E-state index contributed by atoms with van der Waals surface area (Å²) in [6.07, 6.45) is -0.325. The van der Waals surface area contributed by atoms with Crippen molar-refractivity contribution in [2.45, 2.75) is 19.4 Å². The number of nitro groups is 1. The van der Waals surface area contributed by atoms with Gasteiger partial charge in [-0.25, -0.2) is 0 Å². The predicted octanol–water partition coefficient (Wildman–Crippen LogP) is 2.98. The third-order valence-electron chi connectivity index (χ3n) is 3.90. The van der Waals surface area contributed by atoms with Crippen LogP contribution in [0.15, 0.2) is 48.5 Å². The van der Waals surface area contributed by atoms with Crippen LogP contribution in [-0.2, 0) is 4.79 Å². The van der Waals surface area contributed by atoms with Crippen molar-refractivity contribution >= 4 is 23.1 Å². The number of hydrogen-bond acceptors (Lipinski definition) is 5. The topological polar surface area (TPSA) is 89.8 Å². The molecule has 1 aliphatic rings. The first kappa shape index (κ1) is 16.6. The van der Waals surface area contributed by atoms with Gasteiger partial charge in [-0.1, -0.05) is 18.2 Å². The fourth-order valence-electron chi connectivity index (χ4n) is 2.80. The maximum atomic E-state index is 12.9. The van der Waals surface area contributed by atoms with Crippen molar-refractivity contribution in [3.05, 3.63) is 64.2 Å². The number of ketones is 1. The van der Waals surface area contributed by atoms with E-state index in [0.29, 0.717) is 17.0 Å². The number of nitro benzene ring substituents is 1. The average Bonchev–Trinajstić information content (AvgIpc) is 2.60. The summed E-state index contributed by atoms with van der Waals surface area (Å²) in [5.41, 5.74) is 0.671. The Kier molecular flexibility index (Phi) is 4.47. The highest BCUT2D eigenvalue weighted by Crippen LogP contribution is 2.37. The minimum Gasteiger partial charge on any atom is -0.486 e. The Morgan fingerprint density at radius 1 is 1.24 bits per heavy atom. The van der Waals surface area contributed by atoms with E-state index in [1.54, 1.807) is 30.3 Å². The predicted molar refractivity (Wildman–Crippen MR) is 90.9 cm³/mol. The lowest BCUT2D eigenvalue weighted by molar-refractivity contribution is -0.384. The zero-order chi connectivity index (χ0) is 18.0. The van der Waals surface area contributed by atoms with Crippen molar-refractivity contribution in [1.29, 1.82) is 0 Å². The van der Waals surface area contributed by atoms with Crippen LogP contribution in [-0.4, -0.2) is 29.3 Å². The number of carbonyl (C=O) groups is 2. The maximum Gasteiger partial charge on any atom is 0.271 e. The van der Waals surface area contributed by atoms with Crippen molar-refractivity contribution in [2.24, 2.45) is 0 Å². The van der Waals surface area contributed by atoms with E-state index in [9.17, 15) is 19.7 Å². The van der Waals surface area contributed by atoms with Crippen molar-refractivity contribution in [3.63, 3.8) is 0 Å². The van der Waals surface area contributed by atoms with Crippen LogP contribution in [0.2, 0.25) is 0 Å². The summed E-state index contributed by atoms with van der Waals surface area (Å²) in [7, 11) is 0. The Morgan fingerprint density at radius 2 is 1.96 bits per heavy atom. The van der Waals surface area contributed by atoms with Gasteiger partial charge in [0, 0.05) is 24.1 Å². The van der Waals surface area contributed by atoms with Crippen LogP contribution in [0.4, 0.5) is 11.4 Å². The van der Waals surface area contributed by atoms with Crippen molar-refractivity contribution < 1.29 is 19.2 Å². The summed E-state index contributed by atoms with van der Waals surface area (Å²) in [5, 5.41) is 11.1. The highest BCUT2D eigenvalue weighted by Gasteiger charge is 2.32. The molecular weight excluding hydrogens is 324 g/mol. The Morgan fingerprint density at radius 3 is 2.60 bits per heavy atom. The lowest BCUT2D eigenvalue weighted by atomic mass is 10.1. The second-order valence-corrected chi connectivity index (χ2v) is 5.84. The Balaban J connectivity index is 2.02. The Labute approximate surface area is 144 Å². The number of hydrogen-bond donors (Lipinski definition) is 0. The molecule has 3 rings (SSSR count). The molecule has 0 aliphatic carbocycles. The van der Waals surface area contributed by atoms with E-state index in [4.69, 9.17) is 4.74 Å². The molecule has 0 spiro atoms. The summed E-state index contributed by atoms with van der Waals surface area (Å²) in [6.45, 7) is 1.61. The molecule has 0 aromatic heterocycles. The SMILES string of the molecule is CC(=O)CC1CN(C(=O)c2ccccc2)c2cc([N+](=O)[O-])ccc2O1. The van der Waals surface area contributed by atoms with Gasteiger partial charge in [0.25, 0.3) is 11.6 Å². The van der Waals surface area contributed by atoms with Gasteiger partial charge in [-0.15, -0.1) is 0 Å². The minimum absolute atomic E-state index is 0.0533. The molecule has 7 heteroatoms. The second kappa shape index (κ2) is 6.72. The van der Waals surface area contributed by atoms with Crippen LogP contribution in [0, 0.1) is 10.1 Å². The zero-order valence-corrected chi connectivity index (χ0v) is 13.5. The van der Waals surface area contributed by atoms with Crippen LogP contribution >= 0.6 is 0 Å². The molecule has 0 saturated heterocycles. The summed E-state index contributed by atoms with van der Waals surface area (Å²) in [6, 6.07) is 12.7. The van der Waals surface area contributed by atoms with Gasteiger partial charge in [-0.2, -0.15) is 0 Å². The van der Waals surface area contributed by atoms with E-state index in [2.05, 4.69) is 0 Å². The number of amides is 1. The molecule has 2 aromatic rings. The molecule has 128 valence electrons. The number of rotatable bonds is 4. The van der Waals surface area contributed by atoms with Gasteiger partial charge in [0.15, 0.2) is 0 Å². The van der Waals surface area contributed by atoms with Gasteiger partial charge in [0.05, 0.1) is 17.2 Å². The number of ether oxygens (including phenoxy) is 1. The number of fused-ring (bicyclic) bond motifs is 1. The fourth-order valence-corrected chi connectivity index (χ4v) is 2.80. The van der Waals surface area contributed by atoms with Crippen molar-refractivity contribution in [3.8, 4) is 5.75 Å². The number of nitrogens with zero attached hydrogens (tertiary/aromatic N) is 2. The average molecular weight is 340 g/mol. The van der Waals surface area contributed by atoms with Gasteiger partial charge in [-0.3, -0.25) is 19.7 Å². The molecule has 1 amide bonds. The van der Waals surface area contributed by atoms with Crippen LogP contribution in [0.25, 0.3) is 0 Å². The van der Waals surface area contributed by atoms with E-state index in [-0.39, 0.29) is 30.3 Å². The molecule has 1 unspecified atom stereocenters. The van der Waals surface area contributed by atoms with E-state index < -0.39 is 11.0 Å². The number of Topliss-reactive ketones (excluding diaryl/α,β-unsaturated/α-hetero) is 1. The molecule has 0 fully saturated rings. The molecule has 0 N–H and O–H groups in total. The van der Waals surface area contributed by atoms with Gasteiger partial charge < -0.3 is 9.64 Å². The molecule has 7 nitrogen and oxygen atoms in total. The molecule has 0 saturated carbocycles. The number of benzene rings is 2. The quantitative estimate of drug-likeness (QED) is 0.630. The number of carbonyl (C=O) groups excluding carboxylic acids is 2. The summed E-state index contributed by atoms with van der Waals surface area (Å²) in [5.74, 6) is 0.00838. The fraction of sp³-hybridized carbons (Fsp3) is 0.222.